The Kier molecular flexibility index (Phi) is 3.56. The molecule has 3 heteroatoms. The number of nitrogens with zero attached hydrogens (tertiary/aromatic N) is 1. The molecular weight excluding hydrogens is 200 g/mol. The summed E-state index contributed by atoms with van der Waals surface area (Å²) in [5.74, 6) is 0. The first-order valence-corrected chi connectivity index (χ1v) is 5.92. The maximum atomic E-state index is 5.39. The third-order valence-electron chi connectivity index (χ3n) is 3.45. The highest BCUT2D eigenvalue weighted by Gasteiger charge is 2.26. The number of hydrogen-bond donors (Lipinski definition) is 1. The molecule has 1 aliphatic heterocycles. The average molecular weight is 220 g/mol. The summed E-state index contributed by atoms with van der Waals surface area (Å²) in [7, 11) is 0. The Morgan fingerprint density at radius 2 is 2.19 bits per heavy atom. The van der Waals surface area contributed by atoms with E-state index >= 15 is 0 Å². The average Bonchev–Trinajstić information content (AvgIpc) is 2.29. The van der Waals surface area contributed by atoms with Gasteiger partial charge in [-0.2, -0.15) is 0 Å². The Morgan fingerprint density at radius 1 is 1.44 bits per heavy atom. The van der Waals surface area contributed by atoms with Crippen molar-refractivity contribution in [3.63, 3.8) is 0 Å². The minimum absolute atomic E-state index is 0.223. The van der Waals surface area contributed by atoms with Gasteiger partial charge in [-0.15, -0.1) is 0 Å². The van der Waals surface area contributed by atoms with E-state index in [4.69, 9.17) is 4.74 Å². The topological polar surface area (TPSA) is 34.2 Å². The molecule has 1 N–H and O–H groups in total. The van der Waals surface area contributed by atoms with Crippen LogP contribution in [0.25, 0.3) is 0 Å². The highest BCUT2D eigenvalue weighted by Crippen LogP contribution is 2.20. The van der Waals surface area contributed by atoms with Crippen LogP contribution in [0.3, 0.4) is 0 Å². The summed E-state index contributed by atoms with van der Waals surface area (Å²) in [5, 5.41) is 3.64. The fraction of sp³-hybridized carbons (Fsp3) is 0.615. The smallest absolute Gasteiger partial charge is 0.0483 e. The molecule has 1 aromatic heterocycles. The zero-order valence-electron chi connectivity index (χ0n) is 10.1. The third-order valence-corrected chi connectivity index (χ3v) is 3.45. The van der Waals surface area contributed by atoms with Gasteiger partial charge < -0.3 is 10.1 Å². The molecule has 16 heavy (non-hydrogen) atoms. The molecular formula is C13H20N2O. The van der Waals surface area contributed by atoms with Gasteiger partial charge in [0, 0.05) is 37.7 Å². The molecule has 1 aromatic rings. The van der Waals surface area contributed by atoms with Crippen LogP contribution in [0.15, 0.2) is 18.5 Å². The number of aryl methyl sites for hydroxylation is 1. The summed E-state index contributed by atoms with van der Waals surface area (Å²) in [6, 6.07) is 2.06. The van der Waals surface area contributed by atoms with Gasteiger partial charge in [-0.1, -0.05) is 0 Å². The van der Waals surface area contributed by atoms with Crippen LogP contribution in [0.4, 0.5) is 0 Å². The summed E-state index contributed by atoms with van der Waals surface area (Å²) in [4.78, 5) is 4.17. The van der Waals surface area contributed by atoms with E-state index in [-0.39, 0.29) is 5.54 Å². The predicted molar refractivity (Wildman–Crippen MR) is 64.3 cm³/mol. The molecule has 1 aliphatic rings. The molecule has 0 radical (unpaired) electrons. The lowest BCUT2D eigenvalue weighted by Gasteiger charge is -2.34. The number of rotatable bonds is 3. The highest BCUT2D eigenvalue weighted by molar-refractivity contribution is 5.21. The third kappa shape index (κ3) is 2.80. The molecule has 2 heterocycles. The lowest BCUT2D eigenvalue weighted by atomic mass is 9.92. The van der Waals surface area contributed by atoms with E-state index in [1.54, 1.807) is 0 Å². The SMILES string of the molecule is Cc1ccncc1CNC1(C)CCOCC1. The predicted octanol–water partition coefficient (Wildman–Crippen LogP) is 2.05. The first-order chi connectivity index (χ1) is 7.70. The maximum absolute atomic E-state index is 5.39. The van der Waals surface area contributed by atoms with Crippen LogP contribution in [-0.4, -0.2) is 23.7 Å². The minimum Gasteiger partial charge on any atom is -0.381 e. The molecule has 0 unspecified atom stereocenters. The number of pyridine rings is 1. The maximum Gasteiger partial charge on any atom is 0.0483 e. The van der Waals surface area contributed by atoms with Crippen LogP contribution in [0.1, 0.15) is 30.9 Å². The van der Waals surface area contributed by atoms with E-state index in [0.29, 0.717) is 0 Å². The summed E-state index contributed by atoms with van der Waals surface area (Å²) >= 11 is 0. The van der Waals surface area contributed by atoms with E-state index < -0.39 is 0 Å². The second kappa shape index (κ2) is 4.93. The fourth-order valence-corrected chi connectivity index (χ4v) is 1.99. The molecule has 0 amide bonds. The largest absolute Gasteiger partial charge is 0.381 e. The van der Waals surface area contributed by atoms with Gasteiger partial charge in [0.2, 0.25) is 0 Å². The lowest BCUT2D eigenvalue weighted by molar-refractivity contribution is 0.0446. The first kappa shape index (κ1) is 11.6. The van der Waals surface area contributed by atoms with E-state index in [9.17, 15) is 0 Å². The van der Waals surface area contributed by atoms with Gasteiger partial charge in [-0.05, 0) is 43.9 Å². The van der Waals surface area contributed by atoms with Crippen molar-refractivity contribution in [2.24, 2.45) is 0 Å². The Morgan fingerprint density at radius 3 is 2.88 bits per heavy atom. The van der Waals surface area contributed by atoms with E-state index in [1.807, 2.05) is 12.4 Å². The van der Waals surface area contributed by atoms with Gasteiger partial charge in [-0.3, -0.25) is 4.98 Å². The highest BCUT2D eigenvalue weighted by atomic mass is 16.5. The van der Waals surface area contributed by atoms with Crippen molar-refractivity contribution < 1.29 is 4.74 Å². The van der Waals surface area contributed by atoms with Crippen molar-refractivity contribution in [3.05, 3.63) is 29.6 Å². The first-order valence-electron chi connectivity index (χ1n) is 5.92. The Hall–Kier alpha value is -0.930. The van der Waals surface area contributed by atoms with Gasteiger partial charge in [0.05, 0.1) is 0 Å². The quantitative estimate of drug-likeness (QED) is 0.846. The van der Waals surface area contributed by atoms with Crippen LogP contribution in [-0.2, 0) is 11.3 Å². The Bertz CT molecular complexity index is 346. The van der Waals surface area contributed by atoms with Crippen molar-refractivity contribution in [2.45, 2.75) is 38.8 Å². The molecule has 88 valence electrons. The number of hydrogen-bond acceptors (Lipinski definition) is 3. The summed E-state index contributed by atoms with van der Waals surface area (Å²) < 4.78 is 5.39. The standard InChI is InChI=1S/C13H20N2O/c1-11-3-6-14-9-12(11)10-15-13(2)4-7-16-8-5-13/h3,6,9,15H,4-5,7-8,10H2,1-2H3. The normalized spacial score (nSPS) is 19.6. The number of nitrogens with one attached hydrogen (secondary N) is 1. The van der Waals surface area contributed by atoms with Gasteiger partial charge in [0.15, 0.2) is 0 Å². The van der Waals surface area contributed by atoms with Crippen LogP contribution in [0.5, 0.6) is 0 Å². The Balaban J connectivity index is 1.94. The van der Waals surface area contributed by atoms with E-state index in [0.717, 1.165) is 32.6 Å². The van der Waals surface area contributed by atoms with Gasteiger partial charge in [0.25, 0.3) is 0 Å². The molecule has 0 spiro atoms. The molecule has 2 rings (SSSR count). The molecule has 0 aromatic carbocycles. The Labute approximate surface area is 97.2 Å². The summed E-state index contributed by atoms with van der Waals surface area (Å²) in [5.41, 5.74) is 2.81. The second-order valence-corrected chi connectivity index (χ2v) is 4.83. The van der Waals surface area contributed by atoms with E-state index in [1.165, 1.54) is 11.1 Å². The monoisotopic (exact) mass is 220 g/mol. The fourth-order valence-electron chi connectivity index (χ4n) is 1.99. The zero-order chi connectivity index (χ0) is 11.4. The number of ether oxygens (including phenoxy) is 1. The van der Waals surface area contributed by atoms with Crippen LogP contribution in [0, 0.1) is 6.92 Å². The van der Waals surface area contributed by atoms with Crippen molar-refractivity contribution >= 4 is 0 Å². The second-order valence-electron chi connectivity index (χ2n) is 4.83. The molecule has 1 fully saturated rings. The minimum atomic E-state index is 0.223. The molecule has 3 nitrogen and oxygen atoms in total. The summed E-state index contributed by atoms with van der Waals surface area (Å²) in [6.07, 6.45) is 5.97. The van der Waals surface area contributed by atoms with E-state index in [2.05, 4.69) is 30.2 Å². The molecule has 0 aliphatic carbocycles. The van der Waals surface area contributed by atoms with Gasteiger partial charge >= 0.3 is 0 Å². The molecule has 0 bridgehead atoms. The van der Waals surface area contributed by atoms with Crippen molar-refractivity contribution in [1.29, 1.82) is 0 Å². The van der Waals surface area contributed by atoms with Gasteiger partial charge in [0.1, 0.15) is 0 Å². The van der Waals surface area contributed by atoms with Crippen molar-refractivity contribution in [3.8, 4) is 0 Å². The zero-order valence-corrected chi connectivity index (χ0v) is 10.1. The molecule has 0 saturated carbocycles. The molecule has 1 saturated heterocycles. The molecule has 0 atom stereocenters. The summed E-state index contributed by atoms with van der Waals surface area (Å²) in [6.45, 7) is 7.05. The number of aromatic nitrogens is 1. The van der Waals surface area contributed by atoms with Gasteiger partial charge in [-0.25, -0.2) is 0 Å². The van der Waals surface area contributed by atoms with Crippen LogP contribution in [0.2, 0.25) is 0 Å². The van der Waals surface area contributed by atoms with Crippen LogP contribution >= 0.6 is 0 Å². The van der Waals surface area contributed by atoms with Crippen LogP contribution < -0.4 is 5.32 Å². The lowest BCUT2D eigenvalue weighted by Crippen LogP contribution is -2.46. The van der Waals surface area contributed by atoms with Crippen molar-refractivity contribution in [1.82, 2.24) is 10.3 Å². The van der Waals surface area contributed by atoms with Crippen molar-refractivity contribution in [2.75, 3.05) is 13.2 Å².